The molecule has 2 N–H and O–H groups in total. The van der Waals surface area contributed by atoms with Crippen molar-refractivity contribution >= 4 is 11.5 Å². The van der Waals surface area contributed by atoms with Crippen LogP contribution in [-0.2, 0) is 4.79 Å². The van der Waals surface area contributed by atoms with Gasteiger partial charge < -0.3 is 10.4 Å². The second-order valence-electron chi connectivity index (χ2n) is 10.6. The van der Waals surface area contributed by atoms with Crippen LogP contribution in [0.15, 0.2) is 47.1 Å². The first-order valence-corrected chi connectivity index (χ1v) is 12.2. The quantitative estimate of drug-likeness (QED) is 0.599. The van der Waals surface area contributed by atoms with Gasteiger partial charge in [0, 0.05) is 30.5 Å². The minimum absolute atomic E-state index is 0.159. The predicted octanol–water partition coefficient (Wildman–Crippen LogP) is 5.63. The Hall–Kier alpha value is -2.31. The van der Waals surface area contributed by atoms with Crippen LogP contribution in [0.3, 0.4) is 0 Å². The van der Waals surface area contributed by atoms with Crippen LogP contribution in [0.5, 0.6) is 0 Å². The van der Waals surface area contributed by atoms with Crippen molar-refractivity contribution in [2.24, 2.45) is 23.2 Å². The first kappa shape index (κ1) is 21.5. The van der Waals surface area contributed by atoms with Crippen molar-refractivity contribution < 1.29 is 9.90 Å². The summed E-state index contributed by atoms with van der Waals surface area (Å²) in [7, 11) is 1.95. The van der Waals surface area contributed by atoms with Gasteiger partial charge in [0.1, 0.15) is 5.60 Å². The molecule has 3 nitrogen and oxygen atoms in total. The monoisotopic (exact) mass is 429 g/mol. The van der Waals surface area contributed by atoms with E-state index in [1.165, 1.54) is 16.7 Å². The normalized spacial score (nSPS) is 38.2. The van der Waals surface area contributed by atoms with Gasteiger partial charge in [0.05, 0.1) is 0 Å². The Kier molecular flexibility index (Phi) is 5.13. The summed E-state index contributed by atoms with van der Waals surface area (Å²) in [5.74, 6) is 7.93. The van der Waals surface area contributed by atoms with Gasteiger partial charge in [0.2, 0.25) is 0 Å². The van der Waals surface area contributed by atoms with E-state index in [-0.39, 0.29) is 23.0 Å². The number of benzene rings is 1. The number of carbonyl (C=O) groups excluding carboxylic acids is 1. The predicted molar refractivity (Wildman–Crippen MR) is 129 cm³/mol. The highest BCUT2D eigenvalue weighted by molar-refractivity contribution is 5.93. The molecule has 1 aromatic rings. The highest BCUT2D eigenvalue weighted by Gasteiger charge is 2.65. The zero-order valence-corrected chi connectivity index (χ0v) is 19.8. The topological polar surface area (TPSA) is 49.3 Å². The molecule has 4 aliphatic rings. The zero-order chi connectivity index (χ0) is 22.7. The number of aliphatic hydroxyl groups is 1. The van der Waals surface area contributed by atoms with Crippen LogP contribution in [0.25, 0.3) is 0 Å². The molecule has 0 saturated heterocycles. The van der Waals surface area contributed by atoms with Crippen molar-refractivity contribution in [3.8, 4) is 11.8 Å². The van der Waals surface area contributed by atoms with E-state index in [0.717, 1.165) is 37.8 Å². The summed E-state index contributed by atoms with van der Waals surface area (Å²) >= 11 is 0. The maximum Gasteiger partial charge on any atom is 0.156 e. The average molecular weight is 430 g/mol. The number of fused-ring (bicyclic) bond motifs is 4. The van der Waals surface area contributed by atoms with Gasteiger partial charge in [-0.1, -0.05) is 37.5 Å². The molecule has 0 spiro atoms. The molecule has 0 aliphatic heterocycles. The van der Waals surface area contributed by atoms with Crippen molar-refractivity contribution in [2.75, 3.05) is 12.4 Å². The molecule has 32 heavy (non-hydrogen) atoms. The number of anilines is 1. The molecule has 3 heteroatoms. The molecular weight excluding hydrogens is 394 g/mol. The van der Waals surface area contributed by atoms with Gasteiger partial charge in [-0.2, -0.15) is 0 Å². The fourth-order valence-corrected chi connectivity index (χ4v) is 7.63. The SMILES string of the molecule is CC#CC1(O)C(C)C[C@H]2[C@@H]3CCC4=CC(=O)CCC4=C3C(c3ccc(NC)cc3)C[C@@]21C. The third-order valence-electron chi connectivity index (χ3n) is 9.23. The molecule has 0 aromatic heterocycles. The van der Waals surface area contributed by atoms with E-state index in [1.54, 1.807) is 5.57 Å². The summed E-state index contributed by atoms with van der Waals surface area (Å²) in [6.07, 6.45) is 7.41. The lowest BCUT2D eigenvalue weighted by Crippen LogP contribution is -2.52. The molecule has 2 saturated carbocycles. The van der Waals surface area contributed by atoms with E-state index >= 15 is 0 Å². The van der Waals surface area contributed by atoms with E-state index in [2.05, 4.69) is 55.3 Å². The van der Waals surface area contributed by atoms with Crippen LogP contribution in [0, 0.1) is 35.0 Å². The number of rotatable bonds is 2. The Morgan fingerprint density at radius 2 is 1.91 bits per heavy atom. The van der Waals surface area contributed by atoms with E-state index in [1.807, 2.05) is 20.0 Å². The maximum absolute atomic E-state index is 12.2. The molecule has 4 aliphatic carbocycles. The first-order chi connectivity index (χ1) is 15.3. The minimum Gasteiger partial charge on any atom is -0.388 e. The molecule has 6 atom stereocenters. The molecule has 0 amide bonds. The molecule has 0 radical (unpaired) electrons. The fourth-order valence-electron chi connectivity index (χ4n) is 7.63. The van der Waals surface area contributed by atoms with Gasteiger partial charge in [-0.05, 0) is 91.7 Å². The van der Waals surface area contributed by atoms with Gasteiger partial charge in [-0.3, -0.25) is 4.79 Å². The van der Waals surface area contributed by atoms with Crippen LogP contribution >= 0.6 is 0 Å². The van der Waals surface area contributed by atoms with Crippen LogP contribution in [0.2, 0.25) is 0 Å². The number of nitrogens with one attached hydrogen (secondary N) is 1. The molecule has 5 rings (SSSR count). The van der Waals surface area contributed by atoms with E-state index in [4.69, 9.17) is 0 Å². The van der Waals surface area contributed by atoms with Crippen LogP contribution < -0.4 is 5.32 Å². The fraction of sp³-hybridized carbons (Fsp3) is 0.552. The smallest absolute Gasteiger partial charge is 0.156 e. The van der Waals surface area contributed by atoms with Gasteiger partial charge in [0.25, 0.3) is 0 Å². The van der Waals surface area contributed by atoms with Crippen molar-refractivity contribution in [1.82, 2.24) is 0 Å². The Bertz CT molecular complexity index is 1070. The summed E-state index contributed by atoms with van der Waals surface area (Å²) in [6, 6.07) is 8.81. The van der Waals surface area contributed by atoms with Crippen molar-refractivity contribution in [3.63, 3.8) is 0 Å². The maximum atomic E-state index is 12.2. The highest BCUT2D eigenvalue weighted by Crippen LogP contribution is 2.67. The van der Waals surface area contributed by atoms with Crippen LogP contribution in [0.1, 0.15) is 70.8 Å². The lowest BCUT2D eigenvalue weighted by Gasteiger charge is -2.54. The number of allylic oxidation sites excluding steroid dienone is 4. The van der Waals surface area contributed by atoms with Crippen molar-refractivity contribution in [1.29, 1.82) is 0 Å². The molecule has 0 heterocycles. The van der Waals surface area contributed by atoms with E-state index in [0.29, 0.717) is 18.3 Å². The average Bonchev–Trinajstić information content (AvgIpc) is 2.99. The Morgan fingerprint density at radius 1 is 1.16 bits per heavy atom. The lowest BCUT2D eigenvalue weighted by molar-refractivity contribution is -0.114. The molecule has 1 aromatic carbocycles. The van der Waals surface area contributed by atoms with E-state index < -0.39 is 5.60 Å². The van der Waals surface area contributed by atoms with E-state index in [9.17, 15) is 9.90 Å². The Balaban J connectivity index is 1.70. The molecular formula is C29H35NO2. The van der Waals surface area contributed by atoms with Gasteiger partial charge in [0.15, 0.2) is 5.78 Å². The second-order valence-corrected chi connectivity index (χ2v) is 10.6. The van der Waals surface area contributed by atoms with Gasteiger partial charge >= 0.3 is 0 Å². The zero-order valence-electron chi connectivity index (χ0n) is 19.8. The van der Waals surface area contributed by atoms with Gasteiger partial charge in [-0.15, -0.1) is 5.92 Å². The van der Waals surface area contributed by atoms with Crippen molar-refractivity contribution in [2.45, 2.75) is 70.8 Å². The Labute approximate surface area is 192 Å². The van der Waals surface area contributed by atoms with Crippen LogP contribution in [-0.4, -0.2) is 23.5 Å². The minimum atomic E-state index is -0.954. The van der Waals surface area contributed by atoms with Crippen LogP contribution in [0.4, 0.5) is 5.69 Å². The molecule has 3 unspecified atom stereocenters. The third kappa shape index (κ3) is 2.96. The summed E-state index contributed by atoms with van der Waals surface area (Å²) in [5.41, 5.74) is 5.53. The summed E-state index contributed by atoms with van der Waals surface area (Å²) in [6.45, 7) is 6.34. The highest BCUT2D eigenvalue weighted by atomic mass is 16.3. The Morgan fingerprint density at radius 3 is 2.59 bits per heavy atom. The van der Waals surface area contributed by atoms with Crippen molar-refractivity contribution in [3.05, 3.63) is 52.6 Å². The van der Waals surface area contributed by atoms with Gasteiger partial charge in [-0.25, -0.2) is 0 Å². The first-order valence-electron chi connectivity index (χ1n) is 12.2. The largest absolute Gasteiger partial charge is 0.388 e. The summed E-state index contributed by atoms with van der Waals surface area (Å²) in [4.78, 5) is 12.2. The second kappa shape index (κ2) is 7.63. The number of hydrogen-bond donors (Lipinski definition) is 2. The summed E-state index contributed by atoms with van der Waals surface area (Å²) in [5, 5.41) is 15.2. The number of ketones is 1. The third-order valence-corrected chi connectivity index (χ3v) is 9.23. The standard InChI is InChI=1S/C29H35NO2/c1-5-14-29(32)18(2)15-26-24-12-8-20-16-22(31)11-13-23(20)27(24)25(17-28(26,29)3)19-6-9-21(30-4)10-7-19/h6-7,9-10,16,18,24-26,30,32H,8,11-13,15,17H2,1-4H3/t18?,24-,25?,26-,28-,29?/m0/s1. The molecule has 2 fully saturated rings. The number of hydrogen-bond acceptors (Lipinski definition) is 3. The molecule has 0 bridgehead atoms. The number of carbonyl (C=O) groups is 1. The lowest BCUT2D eigenvalue weighted by atomic mass is 9.51. The summed E-state index contributed by atoms with van der Waals surface area (Å²) < 4.78 is 0. The molecule has 168 valence electrons.